The number of carbonyl (C=O) groups is 1. The van der Waals surface area contributed by atoms with Gasteiger partial charge in [0.25, 0.3) is 0 Å². The molecule has 0 radical (unpaired) electrons. The summed E-state index contributed by atoms with van der Waals surface area (Å²) in [5, 5.41) is 10.1. The van der Waals surface area contributed by atoms with E-state index in [2.05, 4.69) is 52.1 Å². The van der Waals surface area contributed by atoms with Gasteiger partial charge in [0, 0.05) is 42.7 Å². The Kier molecular flexibility index (Phi) is 11.8. The van der Waals surface area contributed by atoms with Gasteiger partial charge in [-0.3, -0.25) is 9.79 Å². The fourth-order valence-electron chi connectivity index (χ4n) is 2.90. The number of guanidine groups is 1. The van der Waals surface area contributed by atoms with E-state index in [0.29, 0.717) is 24.3 Å². The Morgan fingerprint density at radius 1 is 1.23 bits per heavy atom. The van der Waals surface area contributed by atoms with Gasteiger partial charge in [-0.2, -0.15) is 0 Å². The summed E-state index contributed by atoms with van der Waals surface area (Å²) in [6.45, 7) is 3.60. The normalized spacial score (nSPS) is 15.8. The van der Waals surface area contributed by atoms with Gasteiger partial charge in [-0.1, -0.05) is 38.0 Å². The third kappa shape index (κ3) is 9.12. The van der Waals surface area contributed by atoms with Crippen molar-refractivity contribution >= 4 is 47.6 Å². The molecule has 1 atom stereocenters. The second kappa shape index (κ2) is 13.2. The summed E-state index contributed by atoms with van der Waals surface area (Å²) in [6, 6.07) is 10.8. The van der Waals surface area contributed by atoms with Crippen molar-refractivity contribution in [3.8, 4) is 0 Å². The maximum Gasteiger partial charge on any atom is 0.221 e. The molecule has 0 spiro atoms. The van der Waals surface area contributed by atoms with E-state index in [1.165, 1.54) is 17.7 Å². The SMILES string of the molecule is CN=C(NCCC(=O)NC1CCCC1)NCC(C)Sc1ccccc1.I. The molecule has 1 unspecified atom stereocenters. The third-order valence-corrected chi connectivity index (χ3v) is 5.34. The van der Waals surface area contributed by atoms with Crippen LogP contribution >= 0.6 is 35.7 Å². The van der Waals surface area contributed by atoms with Crippen LogP contribution in [0.4, 0.5) is 0 Å². The van der Waals surface area contributed by atoms with Crippen LogP contribution in [-0.2, 0) is 4.79 Å². The molecule has 1 aromatic carbocycles. The van der Waals surface area contributed by atoms with Crippen LogP contribution in [0.1, 0.15) is 39.0 Å². The van der Waals surface area contributed by atoms with E-state index < -0.39 is 0 Å². The van der Waals surface area contributed by atoms with E-state index in [1.54, 1.807) is 7.05 Å². The van der Waals surface area contributed by atoms with Gasteiger partial charge in [-0.05, 0) is 25.0 Å². The molecule has 3 N–H and O–H groups in total. The molecular weight excluding hydrogens is 459 g/mol. The first-order chi connectivity index (χ1) is 12.2. The highest BCUT2D eigenvalue weighted by Gasteiger charge is 2.16. The van der Waals surface area contributed by atoms with Gasteiger partial charge in [-0.15, -0.1) is 35.7 Å². The molecule has 0 aliphatic heterocycles. The standard InChI is InChI=1S/C19H30N4OS.HI/c1-15(25-17-10-4-3-5-11-17)14-22-19(20-2)21-13-12-18(24)23-16-8-6-7-9-16;/h3-5,10-11,15-16H,6-9,12-14H2,1-2H3,(H,23,24)(H2,20,21,22);1H. The number of hydrogen-bond acceptors (Lipinski definition) is 3. The van der Waals surface area contributed by atoms with Crippen LogP contribution in [0.2, 0.25) is 0 Å². The first-order valence-electron chi connectivity index (χ1n) is 9.13. The predicted octanol–water partition coefficient (Wildman–Crippen LogP) is 3.40. The molecule has 0 bridgehead atoms. The number of benzene rings is 1. The lowest BCUT2D eigenvalue weighted by atomic mass is 10.2. The van der Waals surface area contributed by atoms with E-state index >= 15 is 0 Å². The van der Waals surface area contributed by atoms with Crippen LogP contribution in [0.25, 0.3) is 0 Å². The van der Waals surface area contributed by atoms with Crippen molar-refractivity contribution in [3.05, 3.63) is 30.3 Å². The largest absolute Gasteiger partial charge is 0.356 e. The van der Waals surface area contributed by atoms with Crippen molar-refractivity contribution in [1.82, 2.24) is 16.0 Å². The molecule has 5 nitrogen and oxygen atoms in total. The topological polar surface area (TPSA) is 65.5 Å². The molecule has 1 aliphatic rings. The van der Waals surface area contributed by atoms with E-state index in [4.69, 9.17) is 0 Å². The van der Waals surface area contributed by atoms with Crippen LogP contribution in [-0.4, -0.2) is 43.3 Å². The van der Waals surface area contributed by atoms with E-state index in [9.17, 15) is 4.79 Å². The highest BCUT2D eigenvalue weighted by Crippen LogP contribution is 2.21. The molecule has 2 rings (SSSR count). The van der Waals surface area contributed by atoms with Gasteiger partial charge in [0.05, 0.1) is 0 Å². The Hall–Kier alpha value is -0.960. The van der Waals surface area contributed by atoms with E-state index in [1.807, 2.05) is 17.8 Å². The van der Waals surface area contributed by atoms with Gasteiger partial charge in [0.2, 0.25) is 5.91 Å². The molecular formula is C19H31IN4OS. The van der Waals surface area contributed by atoms with Gasteiger partial charge < -0.3 is 16.0 Å². The smallest absolute Gasteiger partial charge is 0.221 e. The number of carbonyl (C=O) groups excluding carboxylic acids is 1. The number of nitrogens with one attached hydrogen (secondary N) is 3. The molecule has 7 heteroatoms. The number of nitrogens with zero attached hydrogens (tertiary/aromatic N) is 1. The van der Waals surface area contributed by atoms with Gasteiger partial charge in [0.1, 0.15) is 0 Å². The maximum atomic E-state index is 11.9. The van der Waals surface area contributed by atoms with Crippen LogP contribution in [0.15, 0.2) is 40.2 Å². The fourth-order valence-corrected chi connectivity index (χ4v) is 3.84. The van der Waals surface area contributed by atoms with Crippen molar-refractivity contribution in [2.75, 3.05) is 20.1 Å². The molecule has 0 aromatic heterocycles. The van der Waals surface area contributed by atoms with Crippen molar-refractivity contribution in [1.29, 1.82) is 0 Å². The first kappa shape index (κ1) is 23.1. The first-order valence-corrected chi connectivity index (χ1v) is 10.0. The highest BCUT2D eigenvalue weighted by atomic mass is 127. The molecule has 0 saturated heterocycles. The number of rotatable bonds is 8. The minimum Gasteiger partial charge on any atom is -0.356 e. The molecule has 1 saturated carbocycles. The van der Waals surface area contributed by atoms with Gasteiger partial charge >= 0.3 is 0 Å². The van der Waals surface area contributed by atoms with E-state index in [0.717, 1.165) is 25.3 Å². The van der Waals surface area contributed by atoms with Crippen LogP contribution < -0.4 is 16.0 Å². The summed E-state index contributed by atoms with van der Waals surface area (Å²) < 4.78 is 0. The number of amides is 1. The van der Waals surface area contributed by atoms with Crippen molar-refractivity contribution in [2.45, 2.75) is 55.2 Å². The zero-order valence-corrected chi connectivity index (χ0v) is 18.8. The van der Waals surface area contributed by atoms with Crippen LogP contribution in [0, 0.1) is 0 Å². The molecule has 26 heavy (non-hydrogen) atoms. The molecule has 1 amide bonds. The van der Waals surface area contributed by atoms with Gasteiger partial charge in [0.15, 0.2) is 5.96 Å². The average molecular weight is 490 g/mol. The van der Waals surface area contributed by atoms with E-state index in [-0.39, 0.29) is 29.9 Å². The zero-order valence-electron chi connectivity index (χ0n) is 15.7. The molecule has 0 heterocycles. The third-order valence-electron chi connectivity index (χ3n) is 4.23. The van der Waals surface area contributed by atoms with Crippen molar-refractivity contribution in [3.63, 3.8) is 0 Å². The number of aliphatic imine (C=N–C) groups is 1. The fraction of sp³-hybridized carbons (Fsp3) is 0.579. The molecule has 1 aromatic rings. The van der Waals surface area contributed by atoms with Gasteiger partial charge in [-0.25, -0.2) is 0 Å². The lowest BCUT2D eigenvalue weighted by molar-refractivity contribution is -0.121. The lowest BCUT2D eigenvalue weighted by Crippen LogP contribution is -2.42. The summed E-state index contributed by atoms with van der Waals surface area (Å²) in [7, 11) is 1.75. The number of halogens is 1. The minimum absolute atomic E-state index is 0. The molecule has 1 fully saturated rings. The average Bonchev–Trinajstić information content (AvgIpc) is 3.11. The Bertz CT molecular complexity index is 550. The monoisotopic (exact) mass is 490 g/mol. The predicted molar refractivity (Wildman–Crippen MR) is 122 cm³/mol. The lowest BCUT2D eigenvalue weighted by Gasteiger charge is -2.16. The van der Waals surface area contributed by atoms with Crippen molar-refractivity contribution in [2.24, 2.45) is 4.99 Å². The van der Waals surface area contributed by atoms with Crippen LogP contribution in [0.5, 0.6) is 0 Å². The quantitative estimate of drug-likeness (QED) is 0.226. The van der Waals surface area contributed by atoms with Crippen LogP contribution in [0.3, 0.4) is 0 Å². The highest BCUT2D eigenvalue weighted by molar-refractivity contribution is 14.0. The second-order valence-electron chi connectivity index (χ2n) is 6.42. The zero-order chi connectivity index (χ0) is 17.9. The Morgan fingerprint density at radius 2 is 1.92 bits per heavy atom. The summed E-state index contributed by atoms with van der Waals surface area (Å²) in [5.74, 6) is 0.872. The molecule has 1 aliphatic carbocycles. The number of hydrogen-bond donors (Lipinski definition) is 3. The Morgan fingerprint density at radius 3 is 2.58 bits per heavy atom. The Labute approximate surface area is 178 Å². The summed E-state index contributed by atoms with van der Waals surface area (Å²) in [6.07, 6.45) is 5.20. The van der Waals surface area contributed by atoms with Crippen molar-refractivity contribution < 1.29 is 4.79 Å². The number of thioether (sulfide) groups is 1. The second-order valence-corrected chi connectivity index (χ2v) is 7.93. The Balaban J connectivity index is 0.00000338. The molecule has 146 valence electrons. The summed E-state index contributed by atoms with van der Waals surface area (Å²) >= 11 is 1.83. The summed E-state index contributed by atoms with van der Waals surface area (Å²) in [5.41, 5.74) is 0. The minimum atomic E-state index is 0. The summed E-state index contributed by atoms with van der Waals surface area (Å²) in [4.78, 5) is 17.4. The maximum absolute atomic E-state index is 11.9.